The molecule has 0 aromatic heterocycles. The second kappa shape index (κ2) is 5.47. The second-order valence-electron chi connectivity index (χ2n) is 4.52. The summed E-state index contributed by atoms with van der Waals surface area (Å²) in [5.41, 5.74) is 6.06. The summed E-state index contributed by atoms with van der Waals surface area (Å²) in [6.07, 6.45) is 1.59. The van der Waals surface area contributed by atoms with Gasteiger partial charge in [0.05, 0.1) is 15.5 Å². The lowest BCUT2D eigenvalue weighted by atomic mass is 10.1. The zero-order chi connectivity index (χ0) is 14.0. The van der Waals surface area contributed by atoms with E-state index < -0.39 is 10.0 Å². The van der Waals surface area contributed by atoms with Crippen LogP contribution < -0.4 is 5.73 Å². The first-order chi connectivity index (χ1) is 8.95. The van der Waals surface area contributed by atoms with Gasteiger partial charge in [0, 0.05) is 19.1 Å². The van der Waals surface area contributed by atoms with E-state index in [0.29, 0.717) is 13.1 Å². The van der Waals surface area contributed by atoms with Crippen LogP contribution in [0.3, 0.4) is 0 Å². The molecule has 1 heterocycles. The minimum Gasteiger partial charge on any atom is -0.327 e. The zero-order valence-corrected chi connectivity index (χ0v) is 11.8. The first-order valence-corrected chi connectivity index (χ1v) is 7.72. The van der Waals surface area contributed by atoms with Gasteiger partial charge in [-0.3, -0.25) is 0 Å². The normalized spacial score (nSPS) is 21.0. The quantitative estimate of drug-likeness (QED) is 0.892. The predicted octanol–water partition coefficient (Wildman–Crippen LogP) is 1.32. The van der Waals surface area contributed by atoms with Crippen LogP contribution in [0.2, 0.25) is 5.02 Å². The molecule has 0 bridgehead atoms. The van der Waals surface area contributed by atoms with Crippen LogP contribution in [0.1, 0.15) is 18.4 Å². The summed E-state index contributed by atoms with van der Waals surface area (Å²) in [5, 5.41) is 8.93. The molecule has 19 heavy (non-hydrogen) atoms. The van der Waals surface area contributed by atoms with Gasteiger partial charge in [-0.1, -0.05) is 11.6 Å². The van der Waals surface area contributed by atoms with Crippen LogP contribution in [0.15, 0.2) is 23.1 Å². The Morgan fingerprint density at radius 1 is 1.47 bits per heavy atom. The van der Waals surface area contributed by atoms with Crippen molar-refractivity contribution in [2.75, 3.05) is 13.1 Å². The van der Waals surface area contributed by atoms with Crippen molar-refractivity contribution in [3.05, 3.63) is 28.8 Å². The fraction of sp³-hybridized carbons (Fsp3) is 0.417. The first-order valence-electron chi connectivity index (χ1n) is 5.90. The number of nitrogens with two attached hydrogens (primary N) is 1. The number of benzene rings is 1. The minimum atomic E-state index is -3.58. The Balaban J connectivity index is 2.34. The molecule has 1 fully saturated rings. The maximum atomic E-state index is 12.4. The molecular formula is C12H14ClN3O2S. The Bertz CT molecular complexity index is 624. The van der Waals surface area contributed by atoms with Crippen LogP contribution in [-0.4, -0.2) is 31.9 Å². The van der Waals surface area contributed by atoms with Crippen molar-refractivity contribution >= 4 is 21.6 Å². The number of halogens is 1. The topological polar surface area (TPSA) is 87.2 Å². The summed E-state index contributed by atoms with van der Waals surface area (Å²) in [5.74, 6) is 0. The van der Waals surface area contributed by atoms with Crippen molar-refractivity contribution < 1.29 is 8.42 Å². The molecule has 1 aromatic carbocycles. The van der Waals surface area contributed by atoms with Crippen molar-refractivity contribution in [3.63, 3.8) is 0 Å². The van der Waals surface area contributed by atoms with E-state index in [1.165, 1.54) is 22.5 Å². The molecule has 1 aliphatic rings. The largest absolute Gasteiger partial charge is 0.327 e. The highest BCUT2D eigenvalue weighted by Gasteiger charge is 2.29. The van der Waals surface area contributed by atoms with Crippen LogP contribution in [0.25, 0.3) is 0 Å². The fourth-order valence-corrected chi connectivity index (χ4v) is 3.94. The standard InChI is InChI=1S/C12H14ClN3O2S/c13-12-6-11(4-3-9(12)7-14)19(17,18)16-5-1-2-10(15)8-16/h3-4,6,10H,1-2,5,8,15H2/t10-/m1/s1. The van der Waals surface area contributed by atoms with E-state index in [1.54, 1.807) is 0 Å². The van der Waals surface area contributed by atoms with E-state index in [2.05, 4.69) is 0 Å². The fourth-order valence-electron chi connectivity index (χ4n) is 2.09. The molecule has 2 N–H and O–H groups in total. The van der Waals surface area contributed by atoms with Crippen molar-refractivity contribution in [1.82, 2.24) is 4.31 Å². The van der Waals surface area contributed by atoms with E-state index in [-0.39, 0.29) is 21.5 Å². The maximum absolute atomic E-state index is 12.4. The number of sulfonamides is 1. The summed E-state index contributed by atoms with van der Waals surface area (Å²) >= 11 is 5.87. The molecule has 102 valence electrons. The highest BCUT2D eigenvalue weighted by molar-refractivity contribution is 7.89. The van der Waals surface area contributed by atoms with Crippen molar-refractivity contribution in [2.24, 2.45) is 5.73 Å². The molecule has 2 rings (SSSR count). The summed E-state index contributed by atoms with van der Waals surface area (Å²) in [4.78, 5) is 0.102. The molecule has 1 aliphatic heterocycles. The van der Waals surface area contributed by atoms with Crippen LogP contribution in [0.4, 0.5) is 0 Å². The summed E-state index contributed by atoms with van der Waals surface area (Å²) in [6.45, 7) is 0.785. The molecule has 7 heteroatoms. The van der Waals surface area contributed by atoms with Crippen LogP contribution in [-0.2, 0) is 10.0 Å². The number of piperidine rings is 1. The van der Waals surface area contributed by atoms with Gasteiger partial charge in [0.25, 0.3) is 0 Å². The van der Waals surface area contributed by atoms with E-state index in [0.717, 1.165) is 12.8 Å². The molecule has 0 unspecified atom stereocenters. The smallest absolute Gasteiger partial charge is 0.243 e. The van der Waals surface area contributed by atoms with E-state index in [4.69, 9.17) is 22.6 Å². The third-order valence-electron chi connectivity index (χ3n) is 3.12. The maximum Gasteiger partial charge on any atom is 0.243 e. The van der Waals surface area contributed by atoms with Gasteiger partial charge in [-0.05, 0) is 31.0 Å². The van der Waals surface area contributed by atoms with Crippen LogP contribution in [0, 0.1) is 11.3 Å². The van der Waals surface area contributed by atoms with E-state index >= 15 is 0 Å². The van der Waals surface area contributed by atoms with Crippen LogP contribution >= 0.6 is 11.6 Å². The molecule has 0 radical (unpaired) electrons. The average molecular weight is 300 g/mol. The molecule has 0 spiro atoms. The first kappa shape index (κ1) is 14.3. The molecule has 0 aliphatic carbocycles. The lowest BCUT2D eigenvalue weighted by Crippen LogP contribution is -2.45. The van der Waals surface area contributed by atoms with Gasteiger partial charge >= 0.3 is 0 Å². The average Bonchev–Trinajstić information content (AvgIpc) is 2.38. The van der Waals surface area contributed by atoms with Gasteiger partial charge in [0.15, 0.2) is 0 Å². The number of nitriles is 1. The SMILES string of the molecule is N#Cc1ccc(S(=O)(=O)N2CCC[C@@H](N)C2)cc1Cl. The molecule has 1 aromatic rings. The van der Waals surface area contributed by atoms with Crippen molar-refractivity contribution in [1.29, 1.82) is 5.26 Å². The number of nitrogens with zero attached hydrogens (tertiary/aromatic N) is 2. The minimum absolute atomic E-state index is 0.102. The summed E-state index contributed by atoms with van der Waals surface area (Å²) < 4.78 is 26.2. The van der Waals surface area contributed by atoms with Gasteiger partial charge < -0.3 is 5.73 Å². The lowest BCUT2D eigenvalue weighted by molar-refractivity contribution is 0.316. The third-order valence-corrected chi connectivity index (χ3v) is 5.29. The molecular weight excluding hydrogens is 286 g/mol. The van der Waals surface area contributed by atoms with E-state index in [1.807, 2.05) is 6.07 Å². The molecule has 1 atom stereocenters. The number of rotatable bonds is 2. The Kier molecular flexibility index (Phi) is 4.11. The summed E-state index contributed by atoms with van der Waals surface area (Å²) in [6, 6.07) is 5.91. The third kappa shape index (κ3) is 2.90. The highest BCUT2D eigenvalue weighted by Crippen LogP contribution is 2.24. The predicted molar refractivity (Wildman–Crippen MR) is 72.1 cm³/mol. The zero-order valence-electron chi connectivity index (χ0n) is 10.2. The van der Waals surface area contributed by atoms with Gasteiger partial charge in [-0.15, -0.1) is 0 Å². The Labute approximate surface area is 117 Å². The Morgan fingerprint density at radius 3 is 2.79 bits per heavy atom. The van der Waals surface area contributed by atoms with E-state index in [9.17, 15) is 8.42 Å². The molecule has 0 saturated carbocycles. The van der Waals surface area contributed by atoms with Crippen LogP contribution in [0.5, 0.6) is 0 Å². The Hall–Kier alpha value is -1.13. The Morgan fingerprint density at radius 2 is 2.21 bits per heavy atom. The number of hydrogen-bond acceptors (Lipinski definition) is 4. The van der Waals surface area contributed by atoms with Crippen molar-refractivity contribution in [2.45, 2.75) is 23.8 Å². The van der Waals surface area contributed by atoms with Gasteiger partial charge in [0.2, 0.25) is 10.0 Å². The molecule has 5 nitrogen and oxygen atoms in total. The van der Waals surface area contributed by atoms with Crippen molar-refractivity contribution in [3.8, 4) is 6.07 Å². The summed E-state index contributed by atoms with van der Waals surface area (Å²) in [7, 11) is -3.58. The van der Waals surface area contributed by atoms with Gasteiger partial charge in [0.1, 0.15) is 6.07 Å². The highest BCUT2D eigenvalue weighted by atomic mass is 35.5. The lowest BCUT2D eigenvalue weighted by Gasteiger charge is -2.29. The molecule has 1 saturated heterocycles. The monoisotopic (exact) mass is 299 g/mol. The molecule has 0 amide bonds. The van der Waals surface area contributed by atoms with Gasteiger partial charge in [-0.2, -0.15) is 9.57 Å². The van der Waals surface area contributed by atoms with Gasteiger partial charge in [-0.25, -0.2) is 8.42 Å². The second-order valence-corrected chi connectivity index (χ2v) is 6.86. The number of hydrogen-bond donors (Lipinski definition) is 1.